The number of carbonyl (C=O) groups excluding carboxylic acids is 1. The van der Waals surface area contributed by atoms with Gasteiger partial charge in [0.2, 0.25) is 15.9 Å². The fraction of sp³-hybridized carbons (Fsp3) is 0.278. The van der Waals surface area contributed by atoms with Crippen molar-refractivity contribution in [2.45, 2.75) is 30.7 Å². The number of carbonyl (C=O) groups is 1. The van der Waals surface area contributed by atoms with E-state index in [1.165, 1.54) is 6.07 Å². The van der Waals surface area contributed by atoms with E-state index in [0.29, 0.717) is 24.5 Å². The molecule has 1 aliphatic rings. The second-order valence-electron chi connectivity index (χ2n) is 6.26. The molecule has 1 unspecified atom stereocenters. The molecule has 0 bridgehead atoms. The average molecular weight is 379 g/mol. The third kappa shape index (κ3) is 3.86. The number of benzene rings is 2. The fourth-order valence-electron chi connectivity index (χ4n) is 3.07. The molecule has 0 aliphatic carbocycles. The number of amides is 1. The van der Waals surface area contributed by atoms with E-state index in [2.05, 4.69) is 0 Å². The van der Waals surface area contributed by atoms with Crippen molar-refractivity contribution < 1.29 is 13.2 Å². The van der Waals surface area contributed by atoms with E-state index in [1.54, 1.807) is 29.2 Å². The predicted octanol–water partition coefficient (Wildman–Crippen LogP) is 2.68. The summed E-state index contributed by atoms with van der Waals surface area (Å²) in [6, 6.07) is 12.1. The molecule has 3 rings (SSSR count). The van der Waals surface area contributed by atoms with Crippen molar-refractivity contribution >= 4 is 27.5 Å². The van der Waals surface area contributed by atoms with Crippen LogP contribution in [0, 0.1) is 0 Å². The van der Waals surface area contributed by atoms with Crippen molar-refractivity contribution in [3.63, 3.8) is 0 Å². The summed E-state index contributed by atoms with van der Waals surface area (Å²) in [5, 5.41) is 5.83. The van der Waals surface area contributed by atoms with Crippen LogP contribution in [0.4, 0.5) is 0 Å². The minimum atomic E-state index is -3.75. The van der Waals surface area contributed by atoms with Gasteiger partial charge in [-0.15, -0.1) is 0 Å². The summed E-state index contributed by atoms with van der Waals surface area (Å²) in [6.45, 7) is 2.86. The Hall–Kier alpha value is -1.89. The molecule has 25 heavy (non-hydrogen) atoms. The maximum absolute atomic E-state index is 12.8. The first kappa shape index (κ1) is 17.9. The predicted molar refractivity (Wildman–Crippen MR) is 96.8 cm³/mol. The van der Waals surface area contributed by atoms with E-state index in [1.807, 2.05) is 19.1 Å². The van der Waals surface area contributed by atoms with Crippen LogP contribution < -0.4 is 5.14 Å². The van der Waals surface area contributed by atoms with Gasteiger partial charge in [-0.25, -0.2) is 13.6 Å². The van der Waals surface area contributed by atoms with E-state index >= 15 is 0 Å². The van der Waals surface area contributed by atoms with Crippen LogP contribution in [-0.2, 0) is 27.8 Å². The summed E-state index contributed by atoms with van der Waals surface area (Å²) in [6.07, 6.45) is 0.694. The quantitative estimate of drug-likeness (QED) is 0.891. The molecule has 0 radical (unpaired) electrons. The van der Waals surface area contributed by atoms with Crippen molar-refractivity contribution in [2.24, 2.45) is 5.14 Å². The van der Waals surface area contributed by atoms with Gasteiger partial charge < -0.3 is 4.90 Å². The van der Waals surface area contributed by atoms with Gasteiger partial charge in [0.05, 0.1) is 10.8 Å². The number of halogens is 1. The van der Waals surface area contributed by atoms with Gasteiger partial charge in [0, 0.05) is 18.1 Å². The van der Waals surface area contributed by atoms with Crippen LogP contribution in [0.25, 0.3) is 0 Å². The molecule has 1 amide bonds. The monoisotopic (exact) mass is 378 g/mol. The van der Waals surface area contributed by atoms with Gasteiger partial charge in [-0.3, -0.25) is 4.79 Å². The highest BCUT2D eigenvalue weighted by Crippen LogP contribution is 2.26. The van der Waals surface area contributed by atoms with Crippen LogP contribution in [0.5, 0.6) is 0 Å². The standard InChI is InChI=1S/C18H19ClN2O3S/c1-12(13-2-5-16(19)6-3-13)18(22)21-9-8-14-4-7-17(25(20,23)24)10-15(14)11-21/h2-7,10,12H,8-9,11H2,1H3,(H2,20,23,24). The lowest BCUT2D eigenvalue weighted by Crippen LogP contribution is -2.38. The highest BCUT2D eigenvalue weighted by molar-refractivity contribution is 7.89. The van der Waals surface area contributed by atoms with Gasteiger partial charge in [0.15, 0.2) is 0 Å². The molecule has 0 aromatic heterocycles. The Bertz CT molecular complexity index is 910. The molecule has 1 heterocycles. The summed E-state index contributed by atoms with van der Waals surface area (Å²) in [4.78, 5) is 14.7. The zero-order chi connectivity index (χ0) is 18.2. The van der Waals surface area contributed by atoms with Crippen molar-refractivity contribution in [1.29, 1.82) is 0 Å². The van der Waals surface area contributed by atoms with Gasteiger partial charge >= 0.3 is 0 Å². The highest BCUT2D eigenvalue weighted by atomic mass is 35.5. The van der Waals surface area contributed by atoms with Crippen molar-refractivity contribution in [2.75, 3.05) is 6.54 Å². The summed E-state index contributed by atoms with van der Waals surface area (Å²) in [7, 11) is -3.75. The normalized spacial score (nSPS) is 15.6. The molecule has 1 aliphatic heterocycles. The summed E-state index contributed by atoms with van der Waals surface area (Å²) in [5.41, 5.74) is 2.78. The lowest BCUT2D eigenvalue weighted by molar-refractivity contribution is -0.133. The molecular weight excluding hydrogens is 360 g/mol. The maximum atomic E-state index is 12.8. The number of rotatable bonds is 3. The lowest BCUT2D eigenvalue weighted by Gasteiger charge is -2.31. The molecular formula is C18H19ClN2O3S. The van der Waals surface area contributed by atoms with E-state index in [-0.39, 0.29) is 16.7 Å². The molecule has 2 N–H and O–H groups in total. The molecule has 0 spiro atoms. The van der Waals surface area contributed by atoms with E-state index < -0.39 is 10.0 Å². The third-order valence-electron chi connectivity index (χ3n) is 4.57. The highest BCUT2D eigenvalue weighted by Gasteiger charge is 2.26. The Kier molecular flexibility index (Phi) is 4.86. The maximum Gasteiger partial charge on any atom is 0.238 e. The fourth-order valence-corrected chi connectivity index (χ4v) is 3.76. The minimum absolute atomic E-state index is 0.00832. The average Bonchev–Trinajstić information content (AvgIpc) is 2.59. The van der Waals surface area contributed by atoms with Crippen LogP contribution in [0.3, 0.4) is 0 Å². The molecule has 1 atom stereocenters. The van der Waals surface area contributed by atoms with Crippen molar-refractivity contribution in [3.05, 3.63) is 64.2 Å². The van der Waals surface area contributed by atoms with Gasteiger partial charge in [0.1, 0.15) is 0 Å². The Morgan fingerprint density at radius 1 is 1.16 bits per heavy atom. The second kappa shape index (κ2) is 6.78. The largest absolute Gasteiger partial charge is 0.338 e. The van der Waals surface area contributed by atoms with Crippen LogP contribution in [0.1, 0.15) is 29.5 Å². The van der Waals surface area contributed by atoms with Gasteiger partial charge in [-0.2, -0.15) is 0 Å². The number of hydrogen-bond donors (Lipinski definition) is 1. The van der Waals surface area contributed by atoms with Crippen LogP contribution in [0.15, 0.2) is 47.4 Å². The number of primary sulfonamides is 1. The summed E-state index contributed by atoms with van der Waals surface area (Å²) < 4.78 is 23.1. The summed E-state index contributed by atoms with van der Waals surface area (Å²) >= 11 is 5.90. The molecule has 132 valence electrons. The number of nitrogens with two attached hydrogens (primary N) is 1. The summed E-state index contributed by atoms with van der Waals surface area (Å²) in [5.74, 6) is -0.283. The number of nitrogens with zero attached hydrogens (tertiary/aromatic N) is 1. The lowest BCUT2D eigenvalue weighted by atomic mass is 9.96. The van der Waals surface area contributed by atoms with Crippen LogP contribution in [-0.4, -0.2) is 25.8 Å². The first-order valence-corrected chi connectivity index (χ1v) is 9.87. The first-order valence-electron chi connectivity index (χ1n) is 7.94. The Morgan fingerprint density at radius 3 is 2.48 bits per heavy atom. The first-order chi connectivity index (χ1) is 11.8. The Morgan fingerprint density at radius 2 is 1.84 bits per heavy atom. The minimum Gasteiger partial charge on any atom is -0.338 e. The van der Waals surface area contributed by atoms with Crippen LogP contribution in [0.2, 0.25) is 5.02 Å². The van der Waals surface area contributed by atoms with Crippen molar-refractivity contribution in [3.8, 4) is 0 Å². The molecule has 2 aromatic rings. The number of hydrogen-bond acceptors (Lipinski definition) is 3. The number of sulfonamides is 1. The van der Waals surface area contributed by atoms with Crippen LogP contribution >= 0.6 is 11.6 Å². The molecule has 7 heteroatoms. The number of fused-ring (bicyclic) bond motifs is 1. The second-order valence-corrected chi connectivity index (χ2v) is 8.26. The van der Waals surface area contributed by atoms with Gasteiger partial charge in [0.25, 0.3) is 0 Å². The third-order valence-corrected chi connectivity index (χ3v) is 5.73. The van der Waals surface area contributed by atoms with Gasteiger partial charge in [-0.05, 0) is 54.3 Å². The van der Waals surface area contributed by atoms with Crippen molar-refractivity contribution in [1.82, 2.24) is 4.90 Å². The molecule has 0 saturated heterocycles. The SMILES string of the molecule is CC(C(=O)N1CCc2ccc(S(N)(=O)=O)cc2C1)c1ccc(Cl)cc1. The smallest absolute Gasteiger partial charge is 0.238 e. The topological polar surface area (TPSA) is 80.5 Å². The Labute approximate surface area is 152 Å². The molecule has 0 fully saturated rings. The molecule has 5 nitrogen and oxygen atoms in total. The van der Waals surface area contributed by atoms with Gasteiger partial charge in [-0.1, -0.05) is 29.8 Å². The molecule has 0 saturated carbocycles. The van der Waals surface area contributed by atoms with E-state index in [0.717, 1.165) is 16.7 Å². The Balaban J connectivity index is 1.81. The van der Waals surface area contributed by atoms with E-state index in [4.69, 9.17) is 16.7 Å². The van der Waals surface area contributed by atoms with E-state index in [9.17, 15) is 13.2 Å². The molecule has 2 aromatic carbocycles. The zero-order valence-electron chi connectivity index (χ0n) is 13.8. The zero-order valence-corrected chi connectivity index (χ0v) is 15.3.